The predicted octanol–water partition coefficient (Wildman–Crippen LogP) is 1.95. The SMILES string of the molecule is C=CCC(C)N1CCC(Br)C1=O. The van der Waals surface area contributed by atoms with Gasteiger partial charge in [-0.25, -0.2) is 0 Å². The number of rotatable bonds is 3. The molecule has 0 radical (unpaired) electrons. The molecular weight excluding hydrogens is 218 g/mol. The van der Waals surface area contributed by atoms with Crippen molar-refractivity contribution < 1.29 is 4.79 Å². The monoisotopic (exact) mass is 231 g/mol. The largest absolute Gasteiger partial charge is 0.339 e. The van der Waals surface area contributed by atoms with Gasteiger partial charge in [-0.2, -0.15) is 0 Å². The van der Waals surface area contributed by atoms with E-state index in [-0.39, 0.29) is 10.7 Å². The summed E-state index contributed by atoms with van der Waals surface area (Å²) < 4.78 is 0. The molecule has 0 saturated carbocycles. The molecule has 1 fully saturated rings. The third-order valence-corrected chi connectivity index (χ3v) is 3.06. The van der Waals surface area contributed by atoms with E-state index in [1.807, 2.05) is 11.0 Å². The van der Waals surface area contributed by atoms with Gasteiger partial charge < -0.3 is 4.90 Å². The summed E-state index contributed by atoms with van der Waals surface area (Å²) in [6.45, 7) is 6.61. The Morgan fingerprint density at radius 3 is 3.00 bits per heavy atom. The van der Waals surface area contributed by atoms with E-state index < -0.39 is 0 Å². The van der Waals surface area contributed by atoms with Crippen LogP contribution in [-0.4, -0.2) is 28.2 Å². The maximum absolute atomic E-state index is 11.5. The molecule has 0 bridgehead atoms. The Kier molecular flexibility index (Phi) is 3.32. The Labute approximate surface area is 81.8 Å². The van der Waals surface area contributed by atoms with Gasteiger partial charge in [0.05, 0.1) is 4.83 Å². The van der Waals surface area contributed by atoms with Crippen LogP contribution in [-0.2, 0) is 4.79 Å². The number of halogens is 1. The lowest BCUT2D eigenvalue weighted by Gasteiger charge is -2.22. The Balaban J connectivity index is 2.52. The predicted molar refractivity (Wildman–Crippen MR) is 53.3 cm³/mol. The molecule has 3 heteroatoms. The lowest BCUT2D eigenvalue weighted by Crippen LogP contribution is -2.35. The lowest BCUT2D eigenvalue weighted by atomic mass is 10.2. The first kappa shape index (κ1) is 9.78. The lowest BCUT2D eigenvalue weighted by molar-refractivity contribution is -0.128. The molecule has 0 spiro atoms. The average Bonchev–Trinajstić information content (AvgIpc) is 2.34. The number of amides is 1. The van der Waals surface area contributed by atoms with Crippen molar-refractivity contribution >= 4 is 21.8 Å². The van der Waals surface area contributed by atoms with Crippen molar-refractivity contribution in [1.29, 1.82) is 0 Å². The zero-order valence-electron chi connectivity index (χ0n) is 7.29. The molecule has 12 heavy (non-hydrogen) atoms. The molecule has 2 atom stereocenters. The second kappa shape index (κ2) is 4.08. The number of hydrogen-bond donors (Lipinski definition) is 0. The molecule has 1 rings (SSSR count). The van der Waals surface area contributed by atoms with Crippen molar-refractivity contribution in [3.8, 4) is 0 Å². The third-order valence-electron chi connectivity index (χ3n) is 2.21. The number of carbonyl (C=O) groups is 1. The van der Waals surface area contributed by atoms with Gasteiger partial charge in [-0.15, -0.1) is 6.58 Å². The van der Waals surface area contributed by atoms with Crippen LogP contribution in [0, 0.1) is 0 Å². The van der Waals surface area contributed by atoms with E-state index in [9.17, 15) is 4.79 Å². The van der Waals surface area contributed by atoms with Gasteiger partial charge in [0.15, 0.2) is 0 Å². The highest BCUT2D eigenvalue weighted by molar-refractivity contribution is 9.10. The minimum absolute atomic E-state index is 0.0461. The summed E-state index contributed by atoms with van der Waals surface area (Å²) in [5.41, 5.74) is 0. The van der Waals surface area contributed by atoms with E-state index in [2.05, 4.69) is 29.4 Å². The van der Waals surface area contributed by atoms with E-state index >= 15 is 0 Å². The summed E-state index contributed by atoms with van der Waals surface area (Å²) in [6.07, 6.45) is 3.67. The number of alkyl halides is 1. The van der Waals surface area contributed by atoms with Crippen LogP contribution in [0.15, 0.2) is 12.7 Å². The van der Waals surface area contributed by atoms with Crippen LogP contribution in [0.5, 0.6) is 0 Å². The molecular formula is C9H14BrNO. The van der Waals surface area contributed by atoms with Crippen molar-refractivity contribution in [2.45, 2.75) is 30.6 Å². The molecule has 2 nitrogen and oxygen atoms in total. The van der Waals surface area contributed by atoms with Crippen molar-refractivity contribution in [3.05, 3.63) is 12.7 Å². The second-order valence-electron chi connectivity index (χ2n) is 3.16. The highest BCUT2D eigenvalue weighted by Crippen LogP contribution is 2.21. The van der Waals surface area contributed by atoms with Crippen LogP contribution in [0.25, 0.3) is 0 Å². The summed E-state index contributed by atoms with van der Waals surface area (Å²) >= 11 is 3.35. The normalized spacial score (nSPS) is 26.0. The second-order valence-corrected chi connectivity index (χ2v) is 4.27. The maximum atomic E-state index is 11.5. The zero-order chi connectivity index (χ0) is 9.14. The molecule has 1 heterocycles. The zero-order valence-corrected chi connectivity index (χ0v) is 8.88. The first-order valence-electron chi connectivity index (χ1n) is 4.22. The fraction of sp³-hybridized carbons (Fsp3) is 0.667. The topological polar surface area (TPSA) is 20.3 Å². The van der Waals surface area contributed by atoms with Crippen LogP contribution in [0.2, 0.25) is 0 Å². The summed E-state index contributed by atoms with van der Waals surface area (Å²) in [5, 5.41) is 0. The van der Waals surface area contributed by atoms with Crippen LogP contribution < -0.4 is 0 Å². The van der Waals surface area contributed by atoms with Crippen molar-refractivity contribution in [2.75, 3.05) is 6.54 Å². The minimum atomic E-state index is 0.0461. The first-order valence-corrected chi connectivity index (χ1v) is 5.14. The smallest absolute Gasteiger partial charge is 0.236 e. The standard InChI is InChI=1S/C9H14BrNO/c1-3-4-7(2)11-6-5-8(10)9(11)12/h3,7-8H,1,4-6H2,2H3. The molecule has 0 aromatic carbocycles. The van der Waals surface area contributed by atoms with E-state index in [0.717, 1.165) is 19.4 Å². The van der Waals surface area contributed by atoms with E-state index in [1.165, 1.54) is 0 Å². The minimum Gasteiger partial charge on any atom is -0.339 e. The molecule has 68 valence electrons. The Morgan fingerprint density at radius 1 is 1.92 bits per heavy atom. The van der Waals surface area contributed by atoms with Crippen molar-refractivity contribution in [3.63, 3.8) is 0 Å². The van der Waals surface area contributed by atoms with Crippen LogP contribution >= 0.6 is 15.9 Å². The molecule has 1 amide bonds. The Morgan fingerprint density at radius 2 is 2.58 bits per heavy atom. The maximum Gasteiger partial charge on any atom is 0.236 e. The van der Waals surface area contributed by atoms with Gasteiger partial charge in [0.1, 0.15) is 0 Å². The highest BCUT2D eigenvalue weighted by Gasteiger charge is 2.31. The molecule has 0 N–H and O–H groups in total. The van der Waals surface area contributed by atoms with Crippen LogP contribution in [0.4, 0.5) is 0 Å². The number of likely N-dealkylation sites (tertiary alicyclic amines) is 1. The fourth-order valence-corrected chi connectivity index (χ4v) is 1.94. The van der Waals surface area contributed by atoms with Gasteiger partial charge >= 0.3 is 0 Å². The Hall–Kier alpha value is -0.310. The number of carbonyl (C=O) groups excluding carboxylic acids is 1. The average molecular weight is 232 g/mol. The summed E-state index contributed by atoms with van der Waals surface area (Å²) in [5.74, 6) is 0.226. The highest BCUT2D eigenvalue weighted by atomic mass is 79.9. The quantitative estimate of drug-likeness (QED) is 0.538. The first-order chi connectivity index (χ1) is 5.66. The van der Waals surface area contributed by atoms with Gasteiger partial charge in [0, 0.05) is 12.6 Å². The summed E-state index contributed by atoms with van der Waals surface area (Å²) in [6, 6.07) is 0.303. The summed E-state index contributed by atoms with van der Waals surface area (Å²) in [7, 11) is 0. The van der Waals surface area contributed by atoms with Gasteiger partial charge in [0.2, 0.25) is 5.91 Å². The van der Waals surface area contributed by atoms with Gasteiger partial charge in [-0.1, -0.05) is 22.0 Å². The number of hydrogen-bond acceptors (Lipinski definition) is 1. The van der Waals surface area contributed by atoms with E-state index in [4.69, 9.17) is 0 Å². The van der Waals surface area contributed by atoms with Crippen LogP contribution in [0.1, 0.15) is 19.8 Å². The molecule has 0 aromatic heterocycles. The Bertz CT molecular complexity index is 193. The van der Waals surface area contributed by atoms with E-state index in [1.54, 1.807) is 0 Å². The van der Waals surface area contributed by atoms with E-state index in [0.29, 0.717) is 6.04 Å². The molecule has 0 aromatic rings. The fourth-order valence-electron chi connectivity index (χ4n) is 1.47. The number of nitrogens with zero attached hydrogens (tertiary/aromatic N) is 1. The van der Waals surface area contributed by atoms with Crippen molar-refractivity contribution in [1.82, 2.24) is 4.90 Å². The molecule has 0 aliphatic carbocycles. The van der Waals surface area contributed by atoms with Gasteiger partial charge in [-0.3, -0.25) is 4.79 Å². The molecule has 2 unspecified atom stereocenters. The van der Waals surface area contributed by atoms with Crippen molar-refractivity contribution in [2.24, 2.45) is 0 Å². The van der Waals surface area contributed by atoms with Crippen LogP contribution in [0.3, 0.4) is 0 Å². The third kappa shape index (κ3) is 1.89. The molecule has 1 aliphatic rings. The molecule has 1 aliphatic heterocycles. The van der Waals surface area contributed by atoms with Gasteiger partial charge in [0.25, 0.3) is 0 Å². The molecule has 1 saturated heterocycles. The van der Waals surface area contributed by atoms with Gasteiger partial charge in [-0.05, 0) is 19.8 Å². The summed E-state index contributed by atoms with van der Waals surface area (Å²) in [4.78, 5) is 13.4.